The van der Waals surface area contributed by atoms with Crippen LogP contribution in [0, 0.1) is 0 Å². The van der Waals surface area contributed by atoms with Crippen LogP contribution < -0.4 is 11.1 Å². The molecule has 6 nitrogen and oxygen atoms in total. The van der Waals surface area contributed by atoms with Crippen molar-refractivity contribution < 1.29 is 4.79 Å². The largest absolute Gasteiger partial charge is 0.384 e. The van der Waals surface area contributed by atoms with E-state index in [2.05, 4.69) is 15.5 Å². The smallest absolute Gasteiger partial charge is 0.317 e. The molecule has 0 radical (unpaired) electrons. The van der Waals surface area contributed by atoms with Crippen LogP contribution in [0.15, 0.2) is 6.20 Å². The number of urea groups is 1. The lowest BCUT2D eigenvalue weighted by atomic mass is 10.3. The Bertz CT molecular complexity index is 318. The molecule has 0 fully saturated rings. The first kappa shape index (κ1) is 11.4. The minimum atomic E-state index is -0.0828. The summed E-state index contributed by atoms with van der Waals surface area (Å²) in [5, 5.41) is 9.16. The summed E-state index contributed by atoms with van der Waals surface area (Å²) in [6, 6.07) is -0.0828. The minimum Gasteiger partial charge on any atom is -0.384 e. The standard InChI is InChI=1S/C9H17N5O/c1-3-14(4-2)9(15)11-5-7-6-12-13-8(7)10/h6H,3-5H2,1-2H3,(H,11,15)(H3,10,12,13). The van der Waals surface area contributed by atoms with Crippen molar-refractivity contribution in [2.45, 2.75) is 20.4 Å². The zero-order chi connectivity index (χ0) is 11.3. The van der Waals surface area contributed by atoms with Gasteiger partial charge in [0.05, 0.1) is 6.20 Å². The number of nitrogens with zero attached hydrogens (tertiary/aromatic N) is 2. The van der Waals surface area contributed by atoms with Crippen LogP contribution in [0.3, 0.4) is 0 Å². The predicted molar refractivity (Wildman–Crippen MR) is 58.2 cm³/mol. The number of carbonyl (C=O) groups is 1. The first-order valence-electron chi connectivity index (χ1n) is 4.99. The Balaban J connectivity index is 2.43. The Labute approximate surface area is 88.8 Å². The topological polar surface area (TPSA) is 87.0 Å². The van der Waals surface area contributed by atoms with Crippen LogP contribution in [0.4, 0.5) is 10.6 Å². The number of aromatic amines is 1. The molecule has 15 heavy (non-hydrogen) atoms. The van der Waals surface area contributed by atoms with Gasteiger partial charge in [0.25, 0.3) is 0 Å². The molecule has 0 spiro atoms. The van der Waals surface area contributed by atoms with Crippen molar-refractivity contribution in [2.75, 3.05) is 18.8 Å². The molecule has 0 aromatic carbocycles. The Morgan fingerprint density at radius 2 is 2.27 bits per heavy atom. The summed E-state index contributed by atoms with van der Waals surface area (Å²) in [5.41, 5.74) is 6.39. The summed E-state index contributed by atoms with van der Waals surface area (Å²) in [6.45, 7) is 5.68. The first-order valence-corrected chi connectivity index (χ1v) is 4.99. The predicted octanol–water partition coefficient (Wildman–Crippen LogP) is 0.543. The van der Waals surface area contributed by atoms with Gasteiger partial charge in [0.1, 0.15) is 5.82 Å². The van der Waals surface area contributed by atoms with Gasteiger partial charge in [-0.1, -0.05) is 0 Å². The maximum absolute atomic E-state index is 11.6. The van der Waals surface area contributed by atoms with Crippen molar-refractivity contribution in [3.8, 4) is 0 Å². The van der Waals surface area contributed by atoms with E-state index < -0.39 is 0 Å². The van der Waals surface area contributed by atoms with Gasteiger partial charge in [-0.2, -0.15) is 5.10 Å². The van der Waals surface area contributed by atoms with Gasteiger partial charge in [-0.3, -0.25) is 5.10 Å². The number of H-pyrrole nitrogens is 1. The van der Waals surface area contributed by atoms with Gasteiger partial charge in [0.2, 0.25) is 0 Å². The van der Waals surface area contributed by atoms with Crippen molar-refractivity contribution in [2.24, 2.45) is 0 Å². The molecular weight excluding hydrogens is 194 g/mol. The number of nitrogen functional groups attached to an aromatic ring is 1. The summed E-state index contributed by atoms with van der Waals surface area (Å²) >= 11 is 0. The second-order valence-electron chi connectivity index (χ2n) is 3.14. The number of hydrogen-bond donors (Lipinski definition) is 3. The third-order valence-electron chi connectivity index (χ3n) is 2.23. The van der Waals surface area contributed by atoms with E-state index in [0.29, 0.717) is 25.5 Å². The van der Waals surface area contributed by atoms with Gasteiger partial charge in [-0.05, 0) is 13.8 Å². The zero-order valence-corrected chi connectivity index (χ0v) is 9.08. The molecule has 84 valence electrons. The Morgan fingerprint density at radius 3 is 2.73 bits per heavy atom. The average Bonchev–Trinajstić information content (AvgIpc) is 2.63. The SMILES string of the molecule is CCN(CC)C(=O)NCc1cn[nH]c1N. The third-order valence-corrected chi connectivity index (χ3v) is 2.23. The molecule has 0 aliphatic carbocycles. The van der Waals surface area contributed by atoms with Crippen LogP contribution in [0.1, 0.15) is 19.4 Å². The molecule has 0 atom stereocenters. The van der Waals surface area contributed by atoms with Gasteiger partial charge >= 0.3 is 6.03 Å². The molecule has 0 aliphatic heterocycles. The molecule has 0 saturated carbocycles. The highest BCUT2D eigenvalue weighted by molar-refractivity contribution is 5.74. The Hall–Kier alpha value is -1.72. The van der Waals surface area contributed by atoms with E-state index >= 15 is 0 Å². The molecule has 1 aromatic rings. The van der Waals surface area contributed by atoms with E-state index in [4.69, 9.17) is 5.73 Å². The first-order chi connectivity index (χ1) is 7.19. The fourth-order valence-corrected chi connectivity index (χ4v) is 1.26. The number of hydrogen-bond acceptors (Lipinski definition) is 3. The monoisotopic (exact) mass is 211 g/mol. The normalized spacial score (nSPS) is 10.0. The van der Waals surface area contributed by atoms with Crippen LogP contribution in [0.2, 0.25) is 0 Å². The van der Waals surface area contributed by atoms with Crippen molar-refractivity contribution >= 4 is 11.8 Å². The highest BCUT2D eigenvalue weighted by Crippen LogP contribution is 2.04. The molecule has 2 amide bonds. The van der Waals surface area contributed by atoms with Crippen molar-refractivity contribution in [1.82, 2.24) is 20.4 Å². The third kappa shape index (κ3) is 2.87. The summed E-state index contributed by atoms with van der Waals surface area (Å²) in [5.74, 6) is 0.495. The van der Waals surface area contributed by atoms with Crippen LogP contribution in [-0.4, -0.2) is 34.2 Å². The molecule has 1 rings (SSSR count). The Morgan fingerprint density at radius 1 is 1.60 bits per heavy atom. The highest BCUT2D eigenvalue weighted by atomic mass is 16.2. The van der Waals surface area contributed by atoms with Crippen LogP contribution in [0.5, 0.6) is 0 Å². The molecule has 0 unspecified atom stereocenters. The van der Waals surface area contributed by atoms with Crippen LogP contribution in [-0.2, 0) is 6.54 Å². The van der Waals surface area contributed by atoms with E-state index in [0.717, 1.165) is 5.56 Å². The fourth-order valence-electron chi connectivity index (χ4n) is 1.26. The maximum atomic E-state index is 11.6. The number of rotatable bonds is 4. The van der Waals surface area contributed by atoms with Gasteiger partial charge in [0.15, 0.2) is 0 Å². The molecule has 4 N–H and O–H groups in total. The van der Waals surface area contributed by atoms with Crippen molar-refractivity contribution in [1.29, 1.82) is 0 Å². The lowest BCUT2D eigenvalue weighted by Gasteiger charge is -2.18. The van der Waals surface area contributed by atoms with Gasteiger partial charge in [-0.25, -0.2) is 4.79 Å². The highest BCUT2D eigenvalue weighted by Gasteiger charge is 2.09. The van der Waals surface area contributed by atoms with Gasteiger partial charge in [0, 0.05) is 25.2 Å². The van der Waals surface area contributed by atoms with Gasteiger partial charge < -0.3 is 16.0 Å². The minimum absolute atomic E-state index is 0.0828. The van der Waals surface area contributed by atoms with E-state index in [1.54, 1.807) is 11.1 Å². The summed E-state index contributed by atoms with van der Waals surface area (Å²) < 4.78 is 0. The zero-order valence-electron chi connectivity index (χ0n) is 9.08. The lowest BCUT2D eigenvalue weighted by Crippen LogP contribution is -2.39. The summed E-state index contributed by atoms with van der Waals surface area (Å²) in [6.07, 6.45) is 1.61. The average molecular weight is 211 g/mol. The lowest BCUT2D eigenvalue weighted by molar-refractivity contribution is 0.203. The van der Waals surface area contributed by atoms with E-state index in [1.165, 1.54) is 0 Å². The number of anilines is 1. The maximum Gasteiger partial charge on any atom is 0.317 e. The molecule has 1 heterocycles. The van der Waals surface area contributed by atoms with Crippen LogP contribution in [0.25, 0.3) is 0 Å². The fraction of sp³-hybridized carbons (Fsp3) is 0.556. The van der Waals surface area contributed by atoms with Crippen molar-refractivity contribution in [3.63, 3.8) is 0 Å². The molecule has 0 saturated heterocycles. The second-order valence-corrected chi connectivity index (χ2v) is 3.14. The molecule has 1 aromatic heterocycles. The number of carbonyl (C=O) groups excluding carboxylic acids is 1. The summed E-state index contributed by atoms with van der Waals surface area (Å²) in [7, 11) is 0. The second kappa shape index (κ2) is 5.23. The number of amides is 2. The van der Waals surface area contributed by atoms with E-state index in [9.17, 15) is 4.79 Å². The summed E-state index contributed by atoms with van der Waals surface area (Å²) in [4.78, 5) is 13.3. The van der Waals surface area contributed by atoms with Gasteiger partial charge in [-0.15, -0.1) is 0 Å². The number of nitrogens with one attached hydrogen (secondary N) is 2. The molecular formula is C9H17N5O. The van der Waals surface area contributed by atoms with Crippen LogP contribution >= 0.6 is 0 Å². The van der Waals surface area contributed by atoms with E-state index in [1.807, 2.05) is 13.8 Å². The quantitative estimate of drug-likeness (QED) is 0.679. The number of aromatic nitrogens is 2. The number of nitrogens with two attached hydrogens (primary N) is 1. The van der Waals surface area contributed by atoms with Crippen molar-refractivity contribution in [3.05, 3.63) is 11.8 Å². The van der Waals surface area contributed by atoms with E-state index in [-0.39, 0.29) is 6.03 Å². The molecule has 6 heteroatoms. The molecule has 0 bridgehead atoms. The molecule has 0 aliphatic rings. The Kier molecular flexibility index (Phi) is 3.96.